The van der Waals surface area contributed by atoms with Crippen LogP contribution >= 0.6 is 0 Å². The zero-order valence-electron chi connectivity index (χ0n) is 12.0. The van der Waals surface area contributed by atoms with Crippen LogP contribution in [0.5, 0.6) is 5.88 Å². The fourth-order valence-corrected chi connectivity index (χ4v) is 1.86. The lowest BCUT2D eigenvalue weighted by atomic mass is 10.1. The molecule has 6 nitrogen and oxygen atoms in total. The maximum Gasteiger partial charge on any atom is 0.335 e. The Bertz CT molecular complexity index is 644. The number of hydrogen-bond acceptors (Lipinski definition) is 5. The molecule has 0 aliphatic rings. The molecule has 0 aliphatic heterocycles. The molecule has 0 fully saturated rings. The number of nitrogens with zero attached hydrogens (tertiary/aromatic N) is 2. The minimum Gasteiger partial charge on any atom is -0.478 e. The lowest BCUT2D eigenvalue weighted by molar-refractivity contribution is 0.0696. The summed E-state index contributed by atoms with van der Waals surface area (Å²) >= 11 is 0. The first-order valence-electron chi connectivity index (χ1n) is 6.63. The molecule has 0 bridgehead atoms. The summed E-state index contributed by atoms with van der Waals surface area (Å²) in [5.74, 6) is 0.842. The predicted octanol–water partition coefficient (Wildman–Crippen LogP) is 2.49. The number of nitrogens with one attached hydrogen (secondary N) is 1. The van der Waals surface area contributed by atoms with Crippen LogP contribution in [-0.4, -0.2) is 27.7 Å². The molecule has 0 saturated heterocycles. The van der Waals surface area contributed by atoms with Crippen molar-refractivity contribution in [3.63, 3.8) is 0 Å². The summed E-state index contributed by atoms with van der Waals surface area (Å²) in [5, 5.41) is 12.1. The number of carboxylic acid groups (broad SMARTS) is 1. The van der Waals surface area contributed by atoms with E-state index in [2.05, 4.69) is 15.3 Å². The van der Waals surface area contributed by atoms with Crippen LogP contribution in [0.2, 0.25) is 0 Å². The van der Waals surface area contributed by atoms with Gasteiger partial charge in [0.2, 0.25) is 5.88 Å². The second-order valence-corrected chi connectivity index (χ2v) is 4.43. The molecule has 21 heavy (non-hydrogen) atoms. The zero-order chi connectivity index (χ0) is 15.2. The quantitative estimate of drug-likeness (QED) is 0.849. The number of aryl methyl sites for hydroxylation is 1. The van der Waals surface area contributed by atoms with Crippen LogP contribution in [0.25, 0.3) is 0 Å². The average Bonchev–Trinajstić information content (AvgIpc) is 2.45. The minimum absolute atomic E-state index is 0.267. The SMILES string of the molecule is CCOc1cc(NCc2cccc(C(=O)O)c2)nc(C)n1. The molecule has 0 atom stereocenters. The Morgan fingerprint density at radius 1 is 1.33 bits per heavy atom. The molecule has 110 valence electrons. The van der Waals surface area contributed by atoms with Gasteiger partial charge in [0.15, 0.2) is 0 Å². The molecule has 2 rings (SSSR count). The van der Waals surface area contributed by atoms with Crippen molar-refractivity contribution in [1.29, 1.82) is 0 Å². The van der Waals surface area contributed by atoms with Crippen molar-refractivity contribution in [3.05, 3.63) is 47.3 Å². The summed E-state index contributed by atoms with van der Waals surface area (Å²) in [6.07, 6.45) is 0. The van der Waals surface area contributed by atoms with Crippen molar-refractivity contribution in [2.75, 3.05) is 11.9 Å². The molecular weight excluding hydrogens is 270 g/mol. The highest BCUT2D eigenvalue weighted by molar-refractivity contribution is 5.87. The van der Waals surface area contributed by atoms with Crippen molar-refractivity contribution in [2.45, 2.75) is 20.4 Å². The molecule has 0 unspecified atom stereocenters. The van der Waals surface area contributed by atoms with Gasteiger partial charge in [0.25, 0.3) is 0 Å². The van der Waals surface area contributed by atoms with Crippen LogP contribution in [0.4, 0.5) is 5.82 Å². The summed E-state index contributed by atoms with van der Waals surface area (Å²) < 4.78 is 5.36. The first kappa shape index (κ1) is 14.8. The molecule has 0 radical (unpaired) electrons. The molecule has 1 aromatic carbocycles. The number of ether oxygens (including phenoxy) is 1. The van der Waals surface area contributed by atoms with Gasteiger partial charge in [-0.15, -0.1) is 0 Å². The number of anilines is 1. The number of aromatic nitrogens is 2. The van der Waals surface area contributed by atoms with Crippen LogP contribution in [0, 0.1) is 6.92 Å². The van der Waals surface area contributed by atoms with Gasteiger partial charge in [-0.1, -0.05) is 12.1 Å². The van der Waals surface area contributed by atoms with E-state index in [-0.39, 0.29) is 5.56 Å². The van der Waals surface area contributed by atoms with E-state index in [1.54, 1.807) is 31.2 Å². The Morgan fingerprint density at radius 3 is 2.86 bits per heavy atom. The Kier molecular flexibility index (Phi) is 4.71. The van der Waals surface area contributed by atoms with Gasteiger partial charge in [0, 0.05) is 12.6 Å². The van der Waals surface area contributed by atoms with Crippen molar-refractivity contribution in [2.24, 2.45) is 0 Å². The summed E-state index contributed by atoms with van der Waals surface area (Å²) in [7, 11) is 0. The van der Waals surface area contributed by atoms with Gasteiger partial charge in [0.1, 0.15) is 11.6 Å². The number of carboxylic acids is 1. The Morgan fingerprint density at radius 2 is 2.14 bits per heavy atom. The number of aromatic carboxylic acids is 1. The van der Waals surface area contributed by atoms with E-state index in [0.29, 0.717) is 30.7 Å². The molecular formula is C15H17N3O3. The van der Waals surface area contributed by atoms with Crippen molar-refractivity contribution < 1.29 is 14.6 Å². The Labute approximate surface area is 122 Å². The largest absolute Gasteiger partial charge is 0.478 e. The molecule has 0 spiro atoms. The lowest BCUT2D eigenvalue weighted by Gasteiger charge is -2.09. The van der Waals surface area contributed by atoms with Gasteiger partial charge in [-0.3, -0.25) is 0 Å². The molecule has 2 N–H and O–H groups in total. The number of carbonyl (C=O) groups is 1. The van der Waals surface area contributed by atoms with Crippen LogP contribution < -0.4 is 10.1 Å². The van der Waals surface area contributed by atoms with E-state index >= 15 is 0 Å². The molecule has 0 amide bonds. The molecule has 1 heterocycles. The fraction of sp³-hybridized carbons (Fsp3) is 0.267. The summed E-state index contributed by atoms with van der Waals surface area (Å²) in [6, 6.07) is 8.49. The van der Waals surface area contributed by atoms with Gasteiger partial charge < -0.3 is 15.2 Å². The number of hydrogen-bond donors (Lipinski definition) is 2. The van der Waals surface area contributed by atoms with Crippen LogP contribution in [0.1, 0.15) is 28.7 Å². The highest BCUT2D eigenvalue weighted by Crippen LogP contribution is 2.14. The molecule has 2 aromatic rings. The van der Waals surface area contributed by atoms with Crippen LogP contribution in [0.3, 0.4) is 0 Å². The molecule has 6 heteroatoms. The monoisotopic (exact) mass is 287 g/mol. The highest BCUT2D eigenvalue weighted by atomic mass is 16.5. The maximum absolute atomic E-state index is 10.9. The molecule has 0 saturated carbocycles. The van der Waals surface area contributed by atoms with Crippen LogP contribution in [-0.2, 0) is 6.54 Å². The lowest BCUT2D eigenvalue weighted by Crippen LogP contribution is -2.06. The van der Waals surface area contributed by atoms with Gasteiger partial charge in [-0.2, -0.15) is 4.98 Å². The average molecular weight is 287 g/mol. The highest BCUT2D eigenvalue weighted by Gasteiger charge is 2.05. The van der Waals surface area contributed by atoms with E-state index in [4.69, 9.17) is 9.84 Å². The second kappa shape index (κ2) is 6.69. The zero-order valence-corrected chi connectivity index (χ0v) is 12.0. The summed E-state index contributed by atoms with van der Waals surface area (Å²) in [4.78, 5) is 19.4. The van der Waals surface area contributed by atoms with Gasteiger partial charge >= 0.3 is 5.97 Å². The number of benzene rings is 1. The molecule has 0 aliphatic carbocycles. The van der Waals surface area contributed by atoms with Gasteiger partial charge in [-0.05, 0) is 31.5 Å². The molecule has 1 aromatic heterocycles. The topological polar surface area (TPSA) is 84.3 Å². The van der Waals surface area contributed by atoms with Crippen LogP contribution in [0.15, 0.2) is 30.3 Å². The van der Waals surface area contributed by atoms with E-state index in [9.17, 15) is 4.79 Å². The fourth-order valence-electron chi connectivity index (χ4n) is 1.86. The van der Waals surface area contributed by atoms with E-state index in [1.165, 1.54) is 0 Å². The van der Waals surface area contributed by atoms with Crippen molar-refractivity contribution >= 4 is 11.8 Å². The normalized spacial score (nSPS) is 10.2. The Hall–Kier alpha value is -2.63. The standard InChI is InChI=1S/C15H17N3O3/c1-3-21-14-8-13(17-10(2)18-14)16-9-11-5-4-6-12(7-11)15(19)20/h4-8H,3,9H2,1-2H3,(H,19,20)(H,16,17,18). The van der Waals surface area contributed by atoms with Gasteiger partial charge in [0.05, 0.1) is 12.2 Å². The first-order chi connectivity index (χ1) is 10.1. The van der Waals surface area contributed by atoms with E-state index in [0.717, 1.165) is 5.56 Å². The van der Waals surface area contributed by atoms with E-state index < -0.39 is 5.97 Å². The first-order valence-corrected chi connectivity index (χ1v) is 6.63. The maximum atomic E-state index is 10.9. The smallest absolute Gasteiger partial charge is 0.335 e. The third kappa shape index (κ3) is 4.17. The second-order valence-electron chi connectivity index (χ2n) is 4.43. The minimum atomic E-state index is -0.937. The van der Waals surface area contributed by atoms with Gasteiger partial charge in [-0.25, -0.2) is 9.78 Å². The van der Waals surface area contributed by atoms with E-state index in [1.807, 2.05) is 13.0 Å². The third-order valence-corrected chi connectivity index (χ3v) is 2.75. The van der Waals surface area contributed by atoms with Crippen molar-refractivity contribution in [1.82, 2.24) is 9.97 Å². The number of rotatable bonds is 6. The summed E-state index contributed by atoms with van der Waals surface area (Å²) in [6.45, 7) is 4.69. The van der Waals surface area contributed by atoms with Crippen molar-refractivity contribution in [3.8, 4) is 5.88 Å². The predicted molar refractivity (Wildman–Crippen MR) is 78.7 cm³/mol. The summed E-state index contributed by atoms with van der Waals surface area (Å²) in [5.41, 5.74) is 1.13. The third-order valence-electron chi connectivity index (χ3n) is 2.75. The Balaban J connectivity index is 2.09.